The predicted octanol–water partition coefficient (Wildman–Crippen LogP) is 2.95. The second-order valence-electron chi connectivity index (χ2n) is 5.02. The molecule has 0 saturated carbocycles. The first kappa shape index (κ1) is 15.7. The molecule has 124 valence electrons. The summed E-state index contributed by atoms with van der Waals surface area (Å²) < 4.78 is 16.2. The lowest BCUT2D eigenvalue weighted by Gasteiger charge is -2.14. The van der Waals surface area contributed by atoms with Crippen molar-refractivity contribution < 1.29 is 24.1 Å². The maximum absolute atomic E-state index is 11.1. The molecule has 0 radical (unpaired) electrons. The summed E-state index contributed by atoms with van der Waals surface area (Å²) in [5, 5.41) is 17.0. The normalized spacial score (nSPS) is 10.6. The molecule has 7 heteroatoms. The molecule has 7 nitrogen and oxygen atoms in total. The molecule has 0 amide bonds. The SMILES string of the molecule is COc1ccc(-c2n[nH]c3cc(C(=O)O)ccc23)c(OC)c1OC. The van der Waals surface area contributed by atoms with E-state index >= 15 is 0 Å². The van der Waals surface area contributed by atoms with Crippen molar-refractivity contribution in [2.45, 2.75) is 0 Å². The lowest BCUT2D eigenvalue weighted by molar-refractivity contribution is 0.0697. The van der Waals surface area contributed by atoms with Gasteiger partial charge in [0.25, 0.3) is 0 Å². The van der Waals surface area contributed by atoms with E-state index in [-0.39, 0.29) is 5.56 Å². The number of H-pyrrole nitrogens is 1. The molecule has 0 unspecified atom stereocenters. The largest absolute Gasteiger partial charge is 0.493 e. The van der Waals surface area contributed by atoms with E-state index in [9.17, 15) is 4.79 Å². The first-order chi connectivity index (χ1) is 11.6. The Labute approximate surface area is 137 Å². The van der Waals surface area contributed by atoms with Gasteiger partial charge in [-0.1, -0.05) is 0 Å². The summed E-state index contributed by atoms with van der Waals surface area (Å²) in [7, 11) is 4.62. The molecule has 1 heterocycles. The van der Waals surface area contributed by atoms with Gasteiger partial charge in [-0.3, -0.25) is 5.10 Å². The van der Waals surface area contributed by atoms with Gasteiger partial charge in [0, 0.05) is 10.9 Å². The molecule has 3 aromatic rings. The van der Waals surface area contributed by atoms with Gasteiger partial charge in [-0.2, -0.15) is 5.10 Å². The number of benzene rings is 2. The molecule has 0 atom stereocenters. The van der Waals surface area contributed by atoms with E-state index in [1.165, 1.54) is 20.3 Å². The predicted molar refractivity (Wildman–Crippen MR) is 88.1 cm³/mol. The Morgan fingerprint density at radius 3 is 2.42 bits per heavy atom. The Morgan fingerprint density at radius 1 is 1.04 bits per heavy atom. The van der Waals surface area contributed by atoms with E-state index in [1.54, 1.807) is 25.3 Å². The number of nitrogens with zero attached hydrogens (tertiary/aromatic N) is 1. The van der Waals surface area contributed by atoms with Gasteiger partial charge < -0.3 is 19.3 Å². The van der Waals surface area contributed by atoms with Crippen LogP contribution in [0.25, 0.3) is 22.2 Å². The maximum atomic E-state index is 11.1. The van der Waals surface area contributed by atoms with E-state index in [4.69, 9.17) is 19.3 Å². The highest BCUT2D eigenvalue weighted by Gasteiger charge is 2.20. The third kappa shape index (κ3) is 2.40. The number of fused-ring (bicyclic) bond motifs is 1. The van der Waals surface area contributed by atoms with Crippen molar-refractivity contribution in [3.8, 4) is 28.5 Å². The molecule has 2 N–H and O–H groups in total. The summed E-state index contributed by atoms with van der Waals surface area (Å²) in [4.78, 5) is 11.1. The van der Waals surface area contributed by atoms with Gasteiger partial charge in [0.1, 0.15) is 5.69 Å². The van der Waals surface area contributed by atoms with Gasteiger partial charge in [-0.15, -0.1) is 0 Å². The molecule has 0 aliphatic heterocycles. The number of carboxylic acids is 1. The molecule has 3 rings (SSSR count). The second kappa shape index (κ2) is 6.11. The minimum atomic E-state index is -0.989. The van der Waals surface area contributed by atoms with Crippen LogP contribution in [-0.4, -0.2) is 42.6 Å². The Hall–Kier alpha value is -3.22. The summed E-state index contributed by atoms with van der Waals surface area (Å²) in [6.07, 6.45) is 0. The third-order valence-electron chi connectivity index (χ3n) is 3.77. The van der Waals surface area contributed by atoms with E-state index in [1.807, 2.05) is 6.07 Å². The molecule has 2 aromatic carbocycles. The van der Waals surface area contributed by atoms with Crippen LogP contribution in [0.1, 0.15) is 10.4 Å². The van der Waals surface area contributed by atoms with Gasteiger partial charge in [0.15, 0.2) is 11.5 Å². The van der Waals surface area contributed by atoms with E-state index in [2.05, 4.69) is 10.2 Å². The smallest absolute Gasteiger partial charge is 0.335 e. The fourth-order valence-electron chi connectivity index (χ4n) is 2.65. The van der Waals surface area contributed by atoms with Crippen LogP contribution in [0.3, 0.4) is 0 Å². The van der Waals surface area contributed by atoms with Gasteiger partial charge in [0.05, 0.1) is 32.4 Å². The van der Waals surface area contributed by atoms with Crippen molar-refractivity contribution in [2.24, 2.45) is 0 Å². The van der Waals surface area contributed by atoms with E-state index < -0.39 is 5.97 Å². The standard InChI is InChI=1S/C17H16N2O5/c1-22-13-7-6-11(15(23-2)16(13)24-3)14-10-5-4-9(17(20)21)8-12(10)18-19-14/h4-8H,1-3H3,(H,18,19)(H,20,21). The van der Waals surface area contributed by atoms with Crippen molar-refractivity contribution in [3.63, 3.8) is 0 Å². The highest BCUT2D eigenvalue weighted by atomic mass is 16.5. The molecule has 0 aliphatic carbocycles. The van der Waals surface area contributed by atoms with Crippen molar-refractivity contribution in [1.82, 2.24) is 10.2 Å². The monoisotopic (exact) mass is 328 g/mol. The number of carboxylic acid groups (broad SMARTS) is 1. The molecule has 0 saturated heterocycles. The number of rotatable bonds is 5. The second-order valence-corrected chi connectivity index (χ2v) is 5.02. The zero-order valence-electron chi connectivity index (χ0n) is 13.4. The number of aromatic carboxylic acids is 1. The average molecular weight is 328 g/mol. The highest BCUT2D eigenvalue weighted by molar-refractivity contribution is 5.99. The quantitative estimate of drug-likeness (QED) is 0.748. The van der Waals surface area contributed by atoms with Gasteiger partial charge in [-0.25, -0.2) is 4.79 Å². The number of carbonyl (C=O) groups is 1. The Balaban J connectivity index is 2.22. The minimum absolute atomic E-state index is 0.192. The molecule has 0 aliphatic rings. The third-order valence-corrected chi connectivity index (χ3v) is 3.77. The molecule has 0 spiro atoms. The van der Waals surface area contributed by atoms with Crippen LogP contribution in [0.4, 0.5) is 0 Å². The molecule has 1 aromatic heterocycles. The van der Waals surface area contributed by atoms with Crippen LogP contribution in [0.5, 0.6) is 17.2 Å². The number of aromatic nitrogens is 2. The first-order valence-electron chi connectivity index (χ1n) is 7.11. The van der Waals surface area contributed by atoms with E-state index in [0.29, 0.717) is 34.0 Å². The average Bonchev–Trinajstić information content (AvgIpc) is 3.02. The summed E-state index contributed by atoms with van der Waals surface area (Å²) >= 11 is 0. The molecular weight excluding hydrogens is 312 g/mol. The summed E-state index contributed by atoms with van der Waals surface area (Å²) in [5.74, 6) is 0.520. The number of nitrogens with one attached hydrogen (secondary N) is 1. The number of ether oxygens (including phenoxy) is 3. The topological polar surface area (TPSA) is 93.7 Å². The molecule has 24 heavy (non-hydrogen) atoms. The first-order valence-corrected chi connectivity index (χ1v) is 7.11. The summed E-state index contributed by atoms with van der Waals surface area (Å²) in [6.45, 7) is 0. The fraction of sp³-hybridized carbons (Fsp3) is 0.176. The van der Waals surface area contributed by atoms with E-state index in [0.717, 1.165) is 5.39 Å². The van der Waals surface area contributed by atoms with Crippen LogP contribution in [0.15, 0.2) is 30.3 Å². The van der Waals surface area contributed by atoms with Gasteiger partial charge >= 0.3 is 5.97 Å². The molecule has 0 bridgehead atoms. The van der Waals surface area contributed by atoms with Crippen LogP contribution >= 0.6 is 0 Å². The number of hydrogen-bond donors (Lipinski definition) is 2. The maximum Gasteiger partial charge on any atom is 0.335 e. The van der Waals surface area contributed by atoms with Crippen LogP contribution in [0, 0.1) is 0 Å². The Kier molecular flexibility index (Phi) is 3.99. The van der Waals surface area contributed by atoms with Crippen molar-refractivity contribution >= 4 is 16.9 Å². The van der Waals surface area contributed by atoms with Crippen molar-refractivity contribution in [1.29, 1.82) is 0 Å². The lowest BCUT2D eigenvalue weighted by Crippen LogP contribution is -1.97. The lowest BCUT2D eigenvalue weighted by atomic mass is 10.0. The fourth-order valence-corrected chi connectivity index (χ4v) is 2.65. The Bertz CT molecular complexity index is 917. The van der Waals surface area contributed by atoms with Crippen molar-refractivity contribution in [2.75, 3.05) is 21.3 Å². The molecular formula is C17H16N2O5. The zero-order valence-corrected chi connectivity index (χ0v) is 13.4. The zero-order chi connectivity index (χ0) is 17.3. The summed E-state index contributed by atoms with van der Waals surface area (Å²) in [5.41, 5.74) is 2.17. The summed E-state index contributed by atoms with van der Waals surface area (Å²) in [6, 6.07) is 8.38. The van der Waals surface area contributed by atoms with Crippen LogP contribution in [-0.2, 0) is 0 Å². The number of hydrogen-bond acceptors (Lipinski definition) is 5. The Morgan fingerprint density at radius 2 is 1.79 bits per heavy atom. The van der Waals surface area contributed by atoms with Crippen LogP contribution in [0.2, 0.25) is 0 Å². The van der Waals surface area contributed by atoms with Crippen LogP contribution < -0.4 is 14.2 Å². The number of methoxy groups -OCH3 is 3. The minimum Gasteiger partial charge on any atom is -0.493 e. The van der Waals surface area contributed by atoms with Gasteiger partial charge in [0.2, 0.25) is 5.75 Å². The van der Waals surface area contributed by atoms with Crippen molar-refractivity contribution in [3.05, 3.63) is 35.9 Å². The highest BCUT2D eigenvalue weighted by Crippen LogP contribution is 2.45. The molecule has 0 fully saturated rings. The van der Waals surface area contributed by atoms with Gasteiger partial charge in [-0.05, 0) is 30.3 Å². The number of aromatic amines is 1.